The molecule has 0 bridgehead atoms. The fraction of sp³-hybridized carbons (Fsp3) is 0.625. The van der Waals surface area contributed by atoms with Gasteiger partial charge >= 0.3 is 0 Å². The number of benzene rings is 1. The average molecular weight is 310 g/mol. The van der Waals surface area contributed by atoms with E-state index in [1.165, 1.54) is 0 Å². The molecule has 1 aliphatic heterocycles. The van der Waals surface area contributed by atoms with Crippen LogP contribution in [0.15, 0.2) is 29.2 Å². The maximum atomic E-state index is 12.9. The van der Waals surface area contributed by atoms with Gasteiger partial charge in [-0.2, -0.15) is 4.31 Å². The molecule has 1 aromatic carbocycles. The average Bonchev–Trinajstić information content (AvgIpc) is 2.48. The number of hydrogen-bond donors (Lipinski definition) is 1. The third kappa shape index (κ3) is 3.65. The minimum atomic E-state index is -3.39. The quantitative estimate of drug-likeness (QED) is 0.909. The summed E-state index contributed by atoms with van der Waals surface area (Å²) in [5, 5.41) is 3.23. The summed E-state index contributed by atoms with van der Waals surface area (Å²) in [5.41, 5.74) is 1.01. The predicted octanol–water partition coefficient (Wildman–Crippen LogP) is 2.61. The molecule has 1 N–H and O–H groups in total. The van der Waals surface area contributed by atoms with Crippen molar-refractivity contribution in [2.45, 2.75) is 51.1 Å². The van der Waals surface area contributed by atoms with E-state index < -0.39 is 10.0 Å². The fourth-order valence-electron chi connectivity index (χ4n) is 2.86. The highest BCUT2D eigenvalue weighted by atomic mass is 32.2. The summed E-state index contributed by atoms with van der Waals surface area (Å²) in [5.74, 6) is 0.415. The highest BCUT2D eigenvalue weighted by Gasteiger charge is 2.34. The lowest BCUT2D eigenvalue weighted by molar-refractivity contribution is 0.202. The zero-order chi connectivity index (χ0) is 15.5. The van der Waals surface area contributed by atoms with Crippen LogP contribution in [-0.2, 0) is 16.6 Å². The standard InChI is InChI=1S/C16H26N2O2S/c1-4-17-12-15-8-5-9-16(11-15)21(19,20)18-10-6-7-13(2)14(18)3/h5,8-9,11,13-14,17H,4,6-7,10,12H2,1-3H3. The Bertz CT molecular complexity index is 571. The van der Waals surface area contributed by atoms with Gasteiger partial charge in [0.1, 0.15) is 0 Å². The van der Waals surface area contributed by atoms with Gasteiger partial charge in [-0.15, -0.1) is 0 Å². The van der Waals surface area contributed by atoms with E-state index in [-0.39, 0.29) is 6.04 Å². The number of hydrogen-bond acceptors (Lipinski definition) is 3. The number of sulfonamides is 1. The van der Waals surface area contributed by atoms with E-state index in [0.717, 1.165) is 24.9 Å². The molecule has 0 spiro atoms. The van der Waals surface area contributed by atoms with Crippen LogP contribution >= 0.6 is 0 Å². The fourth-order valence-corrected chi connectivity index (χ4v) is 4.69. The van der Waals surface area contributed by atoms with Crippen LogP contribution in [0.4, 0.5) is 0 Å². The van der Waals surface area contributed by atoms with Gasteiger partial charge in [-0.25, -0.2) is 8.42 Å². The number of nitrogens with one attached hydrogen (secondary N) is 1. The number of nitrogens with zero attached hydrogens (tertiary/aromatic N) is 1. The molecule has 1 saturated heterocycles. The molecule has 5 heteroatoms. The van der Waals surface area contributed by atoms with E-state index in [0.29, 0.717) is 23.9 Å². The molecule has 1 fully saturated rings. The smallest absolute Gasteiger partial charge is 0.243 e. The molecule has 2 rings (SSSR count). The Kier molecular flexibility index (Phi) is 5.41. The molecule has 21 heavy (non-hydrogen) atoms. The Morgan fingerprint density at radius 3 is 2.81 bits per heavy atom. The largest absolute Gasteiger partial charge is 0.313 e. The zero-order valence-corrected chi connectivity index (χ0v) is 14.0. The van der Waals surface area contributed by atoms with Gasteiger partial charge in [0.05, 0.1) is 4.90 Å². The SMILES string of the molecule is CCNCc1cccc(S(=O)(=O)N2CCCC(C)C2C)c1. The summed E-state index contributed by atoms with van der Waals surface area (Å²) in [4.78, 5) is 0.416. The van der Waals surface area contributed by atoms with Crippen LogP contribution < -0.4 is 5.32 Å². The maximum Gasteiger partial charge on any atom is 0.243 e. The van der Waals surface area contributed by atoms with E-state index in [1.54, 1.807) is 16.4 Å². The minimum Gasteiger partial charge on any atom is -0.313 e. The van der Waals surface area contributed by atoms with Crippen molar-refractivity contribution in [2.75, 3.05) is 13.1 Å². The summed E-state index contributed by atoms with van der Waals surface area (Å²) < 4.78 is 27.4. The molecule has 0 radical (unpaired) electrons. The zero-order valence-electron chi connectivity index (χ0n) is 13.2. The van der Waals surface area contributed by atoms with Crippen molar-refractivity contribution in [1.82, 2.24) is 9.62 Å². The third-order valence-electron chi connectivity index (χ3n) is 4.40. The minimum absolute atomic E-state index is 0.0705. The van der Waals surface area contributed by atoms with Crippen molar-refractivity contribution >= 4 is 10.0 Å². The van der Waals surface area contributed by atoms with Gasteiger partial charge in [-0.05, 0) is 49.9 Å². The molecule has 0 aromatic heterocycles. The lowest BCUT2D eigenvalue weighted by Gasteiger charge is -2.36. The molecule has 2 atom stereocenters. The Labute approximate surface area is 128 Å². The molecule has 0 saturated carbocycles. The summed E-state index contributed by atoms with van der Waals surface area (Å²) in [6.07, 6.45) is 2.05. The topological polar surface area (TPSA) is 49.4 Å². The van der Waals surface area contributed by atoms with Crippen LogP contribution in [0.25, 0.3) is 0 Å². The van der Waals surface area contributed by atoms with Crippen LogP contribution in [0.5, 0.6) is 0 Å². The molecule has 118 valence electrons. The van der Waals surface area contributed by atoms with Crippen molar-refractivity contribution in [3.8, 4) is 0 Å². The summed E-state index contributed by atoms with van der Waals surface area (Å²) in [6.45, 7) is 8.39. The number of piperidine rings is 1. The van der Waals surface area contributed by atoms with Gasteiger partial charge in [0.25, 0.3) is 0 Å². The predicted molar refractivity (Wildman–Crippen MR) is 85.6 cm³/mol. The first-order valence-corrected chi connectivity index (χ1v) is 9.22. The molecule has 1 aromatic rings. The first-order valence-electron chi connectivity index (χ1n) is 7.78. The van der Waals surface area contributed by atoms with Crippen molar-refractivity contribution in [1.29, 1.82) is 0 Å². The first-order chi connectivity index (χ1) is 9.96. The summed E-state index contributed by atoms with van der Waals surface area (Å²) in [6, 6.07) is 7.36. The van der Waals surface area contributed by atoms with Gasteiger partial charge in [-0.1, -0.05) is 26.0 Å². The van der Waals surface area contributed by atoms with Crippen LogP contribution in [0.1, 0.15) is 39.2 Å². The van der Waals surface area contributed by atoms with E-state index >= 15 is 0 Å². The van der Waals surface area contributed by atoms with E-state index in [1.807, 2.05) is 26.0 Å². The lowest BCUT2D eigenvalue weighted by atomic mass is 9.94. The van der Waals surface area contributed by atoms with Gasteiger partial charge in [0.2, 0.25) is 10.0 Å². The van der Waals surface area contributed by atoms with Gasteiger partial charge < -0.3 is 5.32 Å². The molecular formula is C16H26N2O2S. The Morgan fingerprint density at radius 1 is 1.33 bits per heavy atom. The second-order valence-corrected chi connectivity index (χ2v) is 7.79. The van der Waals surface area contributed by atoms with Gasteiger partial charge in [-0.3, -0.25) is 0 Å². The monoisotopic (exact) mass is 310 g/mol. The van der Waals surface area contributed by atoms with Crippen LogP contribution in [0.2, 0.25) is 0 Å². The van der Waals surface area contributed by atoms with Crippen molar-refractivity contribution in [2.24, 2.45) is 5.92 Å². The van der Waals surface area contributed by atoms with Crippen LogP contribution in [0.3, 0.4) is 0 Å². The highest BCUT2D eigenvalue weighted by molar-refractivity contribution is 7.89. The molecular weight excluding hydrogens is 284 g/mol. The third-order valence-corrected chi connectivity index (χ3v) is 6.38. The maximum absolute atomic E-state index is 12.9. The Balaban J connectivity index is 2.26. The highest BCUT2D eigenvalue weighted by Crippen LogP contribution is 2.29. The first kappa shape index (κ1) is 16.5. The van der Waals surface area contributed by atoms with Crippen LogP contribution in [0, 0.1) is 5.92 Å². The van der Waals surface area contributed by atoms with E-state index in [4.69, 9.17) is 0 Å². The molecule has 1 aliphatic rings. The summed E-state index contributed by atoms with van der Waals surface area (Å²) in [7, 11) is -3.39. The molecule has 0 amide bonds. The second kappa shape index (κ2) is 6.90. The lowest BCUT2D eigenvalue weighted by Crippen LogP contribution is -2.45. The van der Waals surface area contributed by atoms with Gasteiger partial charge in [0, 0.05) is 19.1 Å². The van der Waals surface area contributed by atoms with Crippen molar-refractivity contribution in [3.63, 3.8) is 0 Å². The van der Waals surface area contributed by atoms with Crippen molar-refractivity contribution < 1.29 is 8.42 Å². The van der Waals surface area contributed by atoms with E-state index in [9.17, 15) is 8.42 Å². The second-order valence-electron chi connectivity index (χ2n) is 5.90. The normalized spacial score (nSPS) is 24.1. The molecule has 4 nitrogen and oxygen atoms in total. The molecule has 2 unspecified atom stereocenters. The molecule has 0 aliphatic carbocycles. The van der Waals surface area contributed by atoms with Gasteiger partial charge in [0.15, 0.2) is 0 Å². The van der Waals surface area contributed by atoms with Crippen LogP contribution in [-0.4, -0.2) is 31.9 Å². The van der Waals surface area contributed by atoms with Crippen molar-refractivity contribution in [3.05, 3.63) is 29.8 Å². The Hall–Kier alpha value is -0.910. The molecule has 1 heterocycles. The number of rotatable bonds is 5. The summed E-state index contributed by atoms with van der Waals surface area (Å²) >= 11 is 0. The van der Waals surface area contributed by atoms with E-state index in [2.05, 4.69) is 12.2 Å². The Morgan fingerprint density at radius 2 is 2.10 bits per heavy atom.